The molecule has 0 fully saturated rings. The number of benzene rings is 2. The molecule has 0 heterocycles. The zero-order chi connectivity index (χ0) is 14.8. The normalized spacial score (nSPS) is 17.1. The molecule has 0 bridgehead atoms. The highest BCUT2D eigenvalue weighted by Gasteiger charge is 2.19. The largest absolute Gasteiger partial charge is 0.381 e. The van der Waals surface area contributed by atoms with Gasteiger partial charge in [-0.2, -0.15) is 0 Å². The van der Waals surface area contributed by atoms with Crippen molar-refractivity contribution in [2.45, 2.75) is 25.3 Å². The zero-order valence-corrected chi connectivity index (χ0v) is 12.1. The second-order valence-corrected chi connectivity index (χ2v) is 5.68. The molecular weight excluding hydrogens is 288 g/mol. The van der Waals surface area contributed by atoms with Crippen LogP contribution >= 0.6 is 11.6 Å². The van der Waals surface area contributed by atoms with Crippen LogP contribution in [0.2, 0.25) is 5.02 Å². The van der Waals surface area contributed by atoms with Crippen LogP contribution in [0.3, 0.4) is 0 Å². The van der Waals surface area contributed by atoms with Gasteiger partial charge in [0.1, 0.15) is 0 Å². The van der Waals surface area contributed by atoms with Crippen LogP contribution in [-0.4, -0.2) is 11.0 Å². The number of halogens is 1. The van der Waals surface area contributed by atoms with Crippen LogP contribution in [0.15, 0.2) is 42.5 Å². The van der Waals surface area contributed by atoms with E-state index < -0.39 is 4.92 Å². The van der Waals surface area contributed by atoms with Crippen molar-refractivity contribution < 1.29 is 4.92 Å². The standard InChI is InChI=1S/C16H15ClN2O2/c17-15-8-7-14(19(20)21)10-16(15)18-13-6-5-11-3-1-2-4-12(11)9-13/h1-4,7-8,10,13,18H,5-6,9H2. The number of nitrogens with zero attached hydrogens (tertiary/aromatic N) is 1. The summed E-state index contributed by atoms with van der Waals surface area (Å²) in [4.78, 5) is 10.4. The predicted octanol–water partition coefficient (Wildman–Crippen LogP) is 4.22. The van der Waals surface area contributed by atoms with Gasteiger partial charge in [0.15, 0.2) is 0 Å². The van der Waals surface area contributed by atoms with Crippen molar-refractivity contribution in [2.75, 3.05) is 5.32 Å². The summed E-state index contributed by atoms with van der Waals surface area (Å²) in [5.41, 5.74) is 3.41. The van der Waals surface area contributed by atoms with Gasteiger partial charge in [0.25, 0.3) is 5.69 Å². The van der Waals surface area contributed by atoms with Gasteiger partial charge in [-0.25, -0.2) is 0 Å². The van der Waals surface area contributed by atoms with E-state index in [9.17, 15) is 10.1 Å². The van der Waals surface area contributed by atoms with Gasteiger partial charge in [-0.3, -0.25) is 10.1 Å². The Morgan fingerprint density at radius 2 is 1.95 bits per heavy atom. The van der Waals surface area contributed by atoms with Gasteiger partial charge in [0.2, 0.25) is 0 Å². The Labute approximate surface area is 127 Å². The Bertz CT molecular complexity index is 688. The molecule has 21 heavy (non-hydrogen) atoms. The molecule has 1 aliphatic carbocycles. The number of rotatable bonds is 3. The van der Waals surface area contributed by atoms with Gasteiger partial charge in [0.05, 0.1) is 15.6 Å². The summed E-state index contributed by atoms with van der Waals surface area (Å²) in [5.74, 6) is 0. The number of nitro groups is 1. The highest BCUT2D eigenvalue weighted by Crippen LogP contribution is 2.30. The lowest BCUT2D eigenvalue weighted by Crippen LogP contribution is -2.27. The summed E-state index contributed by atoms with van der Waals surface area (Å²) in [6.45, 7) is 0. The fourth-order valence-corrected chi connectivity index (χ4v) is 2.95. The van der Waals surface area contributed by atoms with Gasteiger partial charge >= 0.3 is 0 Å². The fourth-order valence-electron chi connectivity index (χ4n) is 2.78. The lowest BCUT2D eigenvalue weighted by atomic mass is 9.88. The molecule has 0 spiro atoms. The number of aryl methyl sites for hydroxylation is 1. The molecule has 0 saturated carbocycles. The maximum absolute atomic E-state index is 10.9. The average molecular weight is 303 g/mol. The second-order valence-electron chi connectivity index (χ2n) is 5.27. The minimum Gasteiger partial charge on any atom is -0.381 e. The zero-order valence-electron chi connectivity index (χ0n) is 11.4. The Morgan fingerprint density at radius 1 is 1.19 bits per heavy atom. The fraction of sp³-hybridized carbons (Fsp3) is 0.250. The smallest absolute Gasteiger partial charge is 0.271 e. The topological polar surface area (TPSA) is 55.2 Å². The molecule has 0 amide bonds. The van der Waals surface area contributed by atoms with Crippen molar-refractivity contribution in [1.82, 2.24) is 0 Å². The van der Waals surface area contributed by atoms with Crippen LogP contribution in [0.25, 0.3) is 0 Å². The summed E-state index contributed by atoms with van der Waals surface area (Å²) in [6.07, 6.45) is 2.92. The minimum absolute atomic E-state index is 0.0538. The molecule has 1 N–H and O–H groups in total. The van der Waals surface area contributed by atoms with Crippen molar-refractivity contribution in [1.29, 1.82) is 0 Å². The van der Waals surface area contributed by atoms with Gasteiger partial charge in [0, 0.05) is 18.2 Å². The molecule has 0 saturated heterocycles. The van der Waals surface area contributed by atoms with Crippen molar-refractivity contribution in [2.24, 2.45) is 0 Å². The van der Waals surface area contributed by atoms with Gasteiger partial charge in [-0.05, 0) is 36.5 Å². The third-order valence-corrected chi connectivity index (χ3v) is 4.20. The molecule has 3 rings (SSSR count). The molecule has 0 aliphatic heterocycles. The Balaban J connectivity index is 1.79. The van der Waals surface area contributed by atoms with Crippen LogP contribution in [0, 0.1) is 10.1 Å². The van der Waals surface area contributed by atoms with E-state index in [0.717, 1.165) is 19.3 Å². The number of non-ortho nitro benzene ring substituents is 1. The number of fused-ring (bicyclic) bond motifs is 1. The molecular formula is C16H15ClN2O2. The summed E-state index contributed by atoms with van der Waals surface area (Å²) >= 11 is 6.14. The van der Waals surface area contributed by atoms with Crippen LogP contribution in [0.5, 0.6) is 0 Å². The van der Waals surface area contributed by atoms with Crippen molar-refractivity contribution >= 4 is 23.0 Å². The highest BCUT2D eigenvalue weighted by molar-refractivity contribution is 6.33. The third kappa shape index (κ3) is 3.00. The summed E-state index contributed by atoms with van der Waals surface area (Å²) in [6, 6.07) is 13.1. The van der Waals surface area contributed by atoms with E-state index in [1.54, 1.807) is 6.07 Å². The van der Waals surface area contributed by atoms with E-state index in [1.165, 1.54) is 23.3 Å². The summed E-state index contributed by atoms with van der Waals surface area (Å²) in [5, 5.41) is 14.7. The first-order valence-electron chi connectivity index (χ1n) is 6.91. The van der Waals surface area contributed by atoms with Crippen molar-refractivity contribution in [3.63, 3.8) is 0 Å². The molecule has 1 aliphatic rings. The Morgan fingerprint density at radius 3 is 2.71 bits per heavy atom. The van der Waals surface area contributed by atoms with Crippen LogP contribution < -0.4 is 5.32 Å². The maximum atomic E-state index is 10.9. The molecule has 1 atom stereocenters. The SMILES string of the molecule is O=[N+]([O-])c1ccc(Cl)c(NC2CCc3ccccc3C2)c1. The first kappa shape index (κ1) is 13.9. The molecule has 5 heteroatoms. The summed E-state index contributed by atoms with van der Waals surface area (Å²) in [7, 11) is 0. The van der Waals surface area contributed by atoms with Gasteiger partial charge in [-0.1, -0.05) is 35.9 Å². The van der Waals surface area contributed by atoms with E-state index in [4.69, 9.17) is 11.6 Å². The number of anilines is 1. The Hall–Kier alpha value is -2.07. The third-order valence-electron chi connectivity index (χ3n) is 3.87. The van der Waals surface area contributed by atoms with Crippen LogP contribution in [0.4, 0.5) is 11.4 Å². The van der Waals surface area contributed by atoms with Gasteiger partial charge < -0.3 is 5.32 Å². The van der Waals surface area contributed by atoms with Crippen molar-refractivity contribution in [3.8, 4) is 0 Å². The summed E-state index contributed by atoms with van der Waals surface area (Å²) < 4.78 is 0. The van der Waals surface area contributed by atoms with E-state index in [2.05, 4.69) is 23.5 Å². The molecule has 108 valence electrons. The van der Waals surface area contributed by atoms with Crippen LogP contribution in [-0.2, 0) is 12.8 Å². The average Bonchev–Trinajstić information content (AvgIpc) is 2.49. The van der Waals surface area contributed by atoms with E-state index in [-0.39, 0.29) is 11.7 Å². The molecule has 0 aromatic heterocycles. The van der Waals surface area contributed by atoms with E-state index >= 15 is 0 Å². The lowest BCUT2D eigenvalue weighted by molar-refractivity contribution is -0.384. The molecule has 1 unspecified atom stereocenters. The second kappa shape index (κ2) is 5.74. The van der Waals surface area contributed by atoms with E-state index in [0.29, 0.717) is 10.7 Å². The maximum Gasteiger partial charge on any atom is 0.271 e. The highest BCUT2D eigenvalue weighted by atomic mass is 35.5. The number of nitro benzene ring substituents is 1. The van der Waals surface area contributed by atoms with Gasteiger partial charge in [-0.15, -0.1) is 0 Å². The number of hydrogen-bond donors (Lipinski definition) is 1. The number of nitrogens with one attached hydrogen (secondary N) is 1. The number of hydrogen-bond acceptors (Lipinski definition) is 3. The molecule has 2 aromatic carbocycles. The predicted molar refractivity (Wildman–Crippen MR) is 84.0 cm³/mol. The first-order valence-corrected chi connectivity index (χ1v) is 7.28. The monoisotopic (exact) mass is 302 g/mol. The minimum atomic E-state index is -0.405. The molecule has 0 radical (unpaired) electrons. The van der Waals surface area contributed by atoms with Crippen LogP contribution in [0.1, 0.15) is 17.5 Å². The van der Waals surface area contributed by atoms with Crippen molar-refractivity contribution in [3.05, 3.63) is 68.7 Å². The molecule has 2 aromatic rings. The molecule has 4 nitrogen and oxygen atoms in total. The van der Waals surface area contributed by atoms with E-state index in [1.807, 2.05) is 6.07 Å². The Kier molecular flexibility index (Phi) is 3.80. The first-order chi connectivity index (χ1) is 10.1. The lowest BCUT2D eigenvalue weighted by Gasteiger charge is -2.26. The quantitative estimate of drug-likeness (QED) is 0.682.